The number of hydrogen-bond donors (Lipinski definition) is 2. The van der Waals surface area contributed by atoms with Crippen LogP contribution in [0, 0.1) is 11.8 Å². The zero-order valence-electron chi connectivity index (χ0n) is 13.7. The molecule has 0 aromatic heterocycles. The average Bonchev–Trinajstić information content (AvgIpc) is 2.47. The van der Waals surface area contributed by atoms with E-state index in [4.69, 9.17) is 14.6 Å². The lowest BCUT2D eigenvalue weighted by atomic mass is 9.89. The number of hydrogen-bond acceptors (Lipinski definition) is 4. The molecule has 2 rings (SSSR count). The van der Waals surface area contributed by atoms with E-state index in [2.05, 4.69) is 19.2 Å². The van der Waals surface area contributed by atoms with E-state index in [-0.39, 0.29) is 18.8 Å². The molecule has 0 saturated heterocycles. The van der Waals surface area contributed by atoms with Crippen molar-refractivity contribution in [1.29, 1.82) is 0 Å². The summed E-state index contributed by atoms with van der Waals surface area (Å²) in [5, 5.41) is 11.8. The van der Waals surface area contributed by atoms with Gasteiger partial charge < -0.3 is 19.9 Å². The van der Waals surface area contributed by atoms with Crippen LogP contribution in [0.2, 0.25) is 0 Å². The van der Waals surface area contributed by atoms with Gasteiger partial charge in [-0.1, -0.05) is 13.8 Å². The predicted octanol–water partition coefficient (Wildman–Crippen LogP) is 2.35. The number of unbranched alkanes of at least 4 members (excludes halogenated alkanes) is 1. The summed E-state index contributed by atoms with van der Waals surface area (Å²) in [6, 6.07) is 0.306. The molecule has 0 bridgehead atoms. The highest BCUT2D eigenvalue weighted by molar-refractivity contribution is 5.91. The highest BCUT2D eigenvalue weighted by Crippen LogP contribution is 2.29. The third-order valence-corrected chi connectivity index (χ3v) is 4.47. The van der Waals surface area contributed by atoms with Gasteiger partial charge in [-0.25, -0.2) is 0 Å². The van der Waals surface area contributed by atoms with Crippen LogP contribution in [0.4, 0.5) is 0 Å². The first-order valence-electron chi connectivity index (χ1n) is 8.52. The van der Waals surface area contributed by atoms with Crippen LogP contribution in [-0.4, -0.2) is 36.6 Å². The van der Waals surface area contributed by atoms with Gasteiger partial charge in [0.15, 0.2) is 5.76 Å². The standard InChI is InChI=1S/C17H29NO4/c1-12(2)13-10-15(17(20)18-14-6-5-7-14)22-16(11-13)21-9-4-3-8-19/h10,12-14,16,19H,3-9,11H2,1-2H3,(H,18,20)/t13-,16+/m0/s1. The van der Waals surface area contributed by atoms with Gasteiger partial charge in [-0.05, 0) is 50.0 Å². The topological polar surface area (TPSA) is 67.8 Å². The van der Waals surface area contributed by atoms with Crippen LogP contribution in [0.5, 0.6) is 0 Å². The lowest BCUT2D eigenvalue weighted by molar-refractivity contribution is -0.151. The predicted molar refractivity (Wildman–Crippen MR) is 84.0 cm³/mol. The molecule has 1 amide bonds. The molecular weight excluding hydrogens is 282 g/mol. The van der Waals surface area contributed by atoms with Crippen molar-refractivity contribution >= 4 is 5.91 Å². The fourth-order valence-electron chi connectivity index (χ4n) is 2.65. The Hall–Kier alpha value is -1.07. The molecule has 0 radical (unpaired) electrons. The Balaban J connectivity index is 1.89. The quantitative estimate of drug-likeness (QED) is 0.675. The molecular formula is C17H29NO4. The molecule has 0 aromatic carbocycles. The molecule has 126 valence electrons. The Kier molecular flexibility index (Phi) is 6.70. The molecule has 5 heteroatoms. The van der Waals surface area contributed by atoms with Crippen molar-refractivity contribution < 1.29 is 19.4 Å². The van der Waals surface area contributed by atoms with Crippen molar-refractivity contribution in [3.8, 4) is 0 Å². The average molecular weight is 311 g/mol. The molecule has 0 unspecified atom stereocenters. The zero-order valence-corrected chi connectivity index (χ0v) is 13.7. The molecule has 1 heterocycles. The van der Waals surface area contributed by atoms with Gasteiger partial charge in [-0.2, -0.15) is 0 Å². The van der Waals surface area contributed by atoms with Gasteiger partial charge in [-0.3, -0.25) is 4.79 Å². The lowest BCUT2D eigenvalue weighted by Gasteiger charge is -2.32. The summed E-state index contributed by atoms with van der Waals surface area (Å²) in [6.45, 7) is 5.03. The van der Waals surface area contributed by atoms with E-state index >= 15 is 0 Å². The van der Waals surface area contributed by atoms with Gasteiger partial charge in [0.1, 0.15) is 0 Å². The Bertz CT molecular complexity index is 390. The van der Waals surface area contributed by atoms with Crippen molar-refractivity contribution in [2.45, 2.75) is 64.7 Å². The minimum absolute atomic E-state index is 0.112. The second-order valence-electron chi connectivity index (χ2n) is 6.62. The second-order valence-corrected chi connectivity index (χ2v) is 6.62. The summed E-state index contributed by atoms with van der Waals surface area (Å²) in [5.41, 5.74) is 0. The summed E-state index contributed by atoms with van der Waals surface area (Å²) in [4.78, 5) is 12.3. The van der Waals surface area contributed by atoms with Gasteiger partial charge in [0.05, 0.1) is 6.61 Å². The molecule has 5 nitrogen and oxygen atoms in total. The van der Waals surface area contributed by atoms with Crippen molar-refractivity contribution in [2.75, 3.05) is 13.2 Å². The number of carbonyl (C=O) groups is 1. The highest BCUT2D eigenvalue weighted by atomic mass is 16.7. The van der Waals surface area contributed by atoms with Crippen molar-refractivity contribution in [1.82, 2.24) is 5.32 Å². The Morgan fingerprint density at radius 1 is 1.45 bits per heavy atom. The van der Waals surface area contributed by atoms with Gasteiger partial charge in [0, 0.05) is 19.1 Å². The van der Waals surface area contributed by atoms with E-state index < -0.39 is 0 Å². The van der Waals surface area contributed by atoms with Gasteiger partial charge in [0.25, 0.3) is 5.91 Å². The van der Waals surface area contributed by atoms with E-state index in [1.54, 1.807) is 0 Å². The number of aliphatic hydroxyl groups is 1. The van der Waals surface area contributed by atoms with Crippen LogP contribution in [0.25, 0.3) is 0 Å². The normalized spacial score (nSPS) is 25.4. The van der Waals surface area contributed by atoms with Crippen LogP contribution in [-0.2, 0) is 14.3 Å². The number of aliphatic hydroxyl groups excluding tert-OH is 1. The summed E-state index contributed by atoms with van der Waals surface area (Å²) in [6.07, 6.45) is 7.21. The second kappa shape index (κ2) is 8.53. The molecule has 1 fully saturated rings. The molecule has 1 aliphatic carbocycles. The largest absolute Gasteiger partial charge is 0.459 e. The third-order valence-electron chi connectivity index (χ3n) is 4.47. The molecule has 2 atom stereocenters. The first-order chi connectivity index (χ1) is 10.6. The van der Waals surface area contributed by atoms with E-state index in [1.807, 2.05) is 6.08 Å². The van der Waals surface area contributed by atoms with Crippen molar-refractivity contribution in [3.63, 3.8) is 0 Å². The first kappa shape index (κ1) is 17.3. The van der Waals surface area contributed by atoms with E-state index in [1.165, 1.54) is 6.42 Å². The number of carbonyl (C=O) groups excluding carboxylic acids is 1. The van der Waals surface area contributed by atoms with Gasteiger partial charge >= 0.3 is 0 Å². The zero-order chi connectivity index (χ0) is 15.9. The molecule has 1 aliphatic heterocycles. The smallest absolute Gasteiger partial charge is 0.286 e. The Morgan fingerprint density at radius 3 is 2.82 bits per heavy atom. The van der Waals surface area contributed by atoms with E-state index in [0.29, 0.717) is 30.2 Å². The van der Waals surface area contributed by atoms with Gasteiger partial charge in [-0.15, -0.1) is 0 Å². The summed E-state index contributed by atoms with van der Waals surface area (Å²) in [7, 11) is 0. The van der Waals surface area contributed by atoms with Crippen molar-refractivity contribution in [2.24, 2.45) is 11.8 Å². The summed E-state index contributed by atoms with van der Waals surface area (Å²) < 4.78 is 11.5. The van der Waals surface area contributed by atoms with Crippen molar-refractivity contribution in [3.05, 3.63) is 11.8 Å². The maximum atomic E-state index is 12.3. The fraction of sp³-hybridized carbons (Fsp3) is 0.824. The highest BCUT2D eigenvalue weighted by Gasteiger charge is 2.30. The maximum absolute atomic E-state index is 12.3. The third kappa shape index (κ3) is 4.99. The number of ether oxygens (including phenoxy) is 2. The molecule has 0 spiro atoms. The minimum atomic E-state index is -0.363. The van der Waals surface area contributed by atoms with Crippen LogP contribution in [0.15, 0.2) is 11.8 Å². The molecule has 2 aliphatic rings. The number of rotatable bonds is 8. The minimum Gasteiger partial charge on any atom is -0.459 e. The summed E-state index contributed by atoms with van der Waals surface area (Å²) in [5.74, 6) is 1.03. The number of amides is 1. The van der Waals surface area contributed by atoms with Crippen LogP contribution >= 0.6 is 0 Å². The lowest BCUT2D eigenvalue weighted by Crippen LogP contribution is -2.42. The molecule has 0 aromatic rings. The maximum Gasteiger partial charge on any atom is 0.286 e. The first-order valence-corrected chi connectivity index (χ1v) is 8.52. The number of nitrogens with one attached hydrogen (secondary N) is 1. The van der Waals surface area contributed by atoms with Crippen LogP contribution in [0.1, 0.15) is 52.4 Å². The summed E-state index contributed by atoms with van der Waals surface area (Å²) >= 11 is 0. The van der Waals surface area contributed by atoms with Crippen LogP contribution < -0.4 is 5.32 Å². The molecule has 22 heavy (non-hydrogen) atoms. The van der Waals surface area contributed by atoms with Gasteiger partial charge in [0.2, 0.25) is 6.29 Å². The van der Waals surface area contributed by atoms with Crippen LogP contribution in [0.3, 0.4) is 0 Å². The number of allylic oxidation sites excluding steroid dienone is 1. The molecule has 1 saturated carbocycles. The SMILES string of the molecule is CC(C)[C@H]1C=C(C(=O)NC2CCC2)O[C@@H](OCCCCO)C1. The Morgan fingerprint density at radius 2 is 2.23 bits per heavy atom. The fourth-order valence-corrected chi connectivity index (χ4v) is 2.65. The molecule has 2 N–H and O–H groups in total. The van der Waals surface area contributed by atoms with E-state index in [0.717, 1.165) is 32.1 Å². The monoisotopic (exact) mass is 311 g/mol. The van der Waals surface area contributed by atoms with E-state index in [9.17, 15) is 4.79 Å². The Labute approximate surface area is 133 Å².